The second-order valence-electron chi connectivity index (χ2n) is 4.93. The van der Waals surface area contributed by atoms with Crippen molar-refractivity contribution in [3.8, 4) is 0 Å². The zero-order valence-electron chi connectivity index (χ0n) is 11.6. The van der Waals surface area contributed by atoms with Crippen LogP contribution in [0.25, 0.3) is 0 Å². The molecule has 0 aliphatic rings. The van der Waals surface area contributed by atoms with Crippen molar-refractivity contribution in [1.82, 2.24) is 5.43 Å². The standard InChI is InChI=1S/C16H18ClFN2/c1-10-5-3-6-11(2)16(10)15(20-19)9-12-13(17)7-4-8-14(12)18/h3-8,15,20H,9,19H2,1-2H3. The molecule has 1 atom stereocenters. The Morgan fingerprint density at radius 1 is 1.15 bits per heavy atom. The minimum absolute atomic E-state index is 0.175. The van der Waals surface area contributed by atoms with Crippen LogP contribution < -0.4 is 11.3 Å². The third kappa shape index (κ3) is 3.01. The molecular formula is C16H18ClFN2. The van der Waals surface area contributed by atoms with Crippen molar-refractivity contribution in [1.29, 1.82) is 0 Å². The fraction of sp³-hybridized carbons (Fsp3) is 0.250. The van der Waals surface area contributed by atoms with E-state index in [1.807, 2.05) is 32.0 Å². The third-order valence-electron chi connectivity index (χ3n) is 3.56. The van der Waals surface area contributed by atoms with Crippen LogP contribution in [-0.2, 0) is 6.42 Å². The van der Waals surface area contributed by atoms with Crippen LogP contribution in [0.4, 0.5) is 4.39 Å². The average molecular weight is 293 g/mol. The maximum absolute atomic E-state index is 13.9. The van der Waals surface area contributed by atoms with E-state index >= 15 is 0 Å². The van der Waals surface area contributed by atoms with Crippen LogP contribution in [-0.4, -0.2) is 0 Å². The smallest absolute Gasteiger partial charge is 0.127 e. The van der Waals surface area contributed by atoms with E-state index in [-0.39, 0.29) is 11.9 Å². The number of rotatable bonds is 4. The van der Waals surface area contributed by atoms with Gasteiger partial charge in [-0.25, -0.2) is 4.39 Å². The highest BCUT2D eigenvalue weighted by Gasteiger charge is 2.18. The summed E-state index contributed by atoms with van der Waals surface area (Å²) >= 11 is 6.09. The van der Waals surface area contributed by atoms with Crippen molar-refractivity contribution in [2.75, 3.05) is 0 Å². The Balaban J connectivity index is 2.39. The molecule has 0 saturated heterocycles. The monoisotopic (exact) mass is 292 g/mol. The molecule has 0 bridgehead atoms. The summed E-state index contributed by atoms with van der Waals surface area (Å²) in [5.74, 6) is 5.37. The van der Waals surface area contributed by atoms with Gasteiger partial charge in [0, 0.05) is 10.6 Å². The first-order valence-corrected chi connectivity index (χ1v) is 6.87. The van der Waals surface area contributed by atoms with E-state index < -0.39 is 0 Å². The minimum Gasteiger partial charge on any atom is -0.271 e. The topological polar surface area (TPSA) is 38.0 Å². The lowest BCUT2D eigenvalue weighted by Gasteiger charge is -2.21. The van der Waals surface area contributed by atoms with E-state index in [2.05, 4.69) is 5.43 Å². The Morgan fingerprint density at radius 2 is 1.75 bits per heavy atom. The maximum atomic E-state index is 13.9. The Morgan fingerprint density at radius 3 is 2.30 bits per heavy atom. The van der Waals surface area contributed by atoms with E-state index in [1.165, 1.54) is 6.07 Å². The van der Waals surface area contributed by atoms with Crippen LogP contribution in [0.5, 0.6) is 0 Å². The molecule has 0 fully saturated rings. The molecule has 4 heteroatoms. The Hall–Kier alpha value is -1.42. The SMILES string of the molecule is Cc1cccc(C)c1C(Cc1c(F)cccc1Cl)NN. The molecule has 0 heterocycles. The first-order valence-electron chi connectivity index (χ1n) is 6.49. The first-order chi connectivity index (χ1) is 9.54. The quantitative estimate of drug-likeness (QED) is 0.664. The summed E-state index contributed by atoms with van der Waals surface area (Å²) in [4.78, 5) is 0. The van der Waals surface area contributed by atoms with Crippen LogP contribution in [0, 0.1) is 19.7 Å². The summed E-state index contributed by atoms with van der Waals surface area (Å²) < 4.78 is 13.9. The molecule has 1 unspecified atom stereocenters. The molecule has 106 valence electrons. The second kappa shape index (κ2) is 6.35. The molecular weight excluding hydrogens is 275 g/mol. The van der Waals surface area contributed by atoms with Gasteiger partial charge in [-0.05, 0) is 49.1 Å². The molecule has 0 saturated carbocycles. The molecule has 2 rings (SSSR count). The Bertz CT molecular complexity index is 573. The molecule has 0 aliphatic carbocycles. The van der Waals surface area contributed by atoms with Crippen molar-refractivity contribution in [2.45, 2.75) is 26.3 Å². The molecule has 0 aliphatic heterocycles. The van der Waals surface area contributed by atoms with Gasteiger partial charge < -0.3 is 0 Å². The van der Waals surface area contributed by atoms with E-state index in [1.54, 1.807) is 12.1 Å². The zero-order chi connectivity index (χ0) is 14.7. The lowest BCUT2D eigenvalue weighted by molar-refractivity contribution is 0.525. The predicted molar refractivity (Wildman–Crippen MR) is 81.1 cm³/mol. The second-order valence-corrected chi connectivity index (χ2v) is 5.34. The molecule has 2 aromatic carbocycles. The van der Waals surface area contributed by atoms with Gasteiger partial charge in [0.05, 0.1) is 6.04 Å². The van der Waals surface area contributed by atoms with Crippen molar-refractivity contribution in [3.63, 3.8) is 0 Å². The van der Waals surface area contributed by atoms with Gasteiger partial charge in [-0.3, -0.25) is 11.3 Å². The minimum atomic E-state index is -0.302. The van der Waals surface area contributed by atoms with Gasteiger partial charge in [0.2, 0.25) is 0 Å². The molecule has 2 nitrogen and oxygen atoms in total. The third-order valence-corrected chi connectivity index (χ3v) is 3.92. The normalized spacial score (nSPS) is 12.4. The summed E-state index contributed by atoms with van der Waals surface area (Å²) in [5.41, 5.74) is 6.61. The number of hydrogen-bond donors (Lipinski definition) is 2. The fourth-order valence-electron chi connectivity index (χ4n) is 2.55. The van der Waals surface area contributed by atoms with Crippen LogP contribution in [0.15, 0.2) is 36.4 Å². The van der Waals surface area contributed by atoms with Crippen molar-refractivity contribution in [2.24, 2.45) is 5.84 Å². The highest BCUT2D eigenvalue weighted by molar-refractivity contribution is 6.31. The molecule has 0 radical (unpaired) electrons. The Kier molecular flexibility index (Phi) is 4.76. The van der Waals surface area contributed by atoms with Crippen molar-refractivity contribution < 1.29 is 4.39 Å². The number of halogens is 2. The van der Waals surface area contributed by atoms with Crippen molar-refractivity contribution in [3.05, 3.63) is 69.5 Å². The number of nitrogens with one attached hydrogen (secondary N) is 1. The number of benzene rings is 2. The molecule has 3 N–H and O–H groups in total. The number of hydrazine groups is 1. The van der Waals surface area contributed by atoms with Gasteiger partial charge in [0.15, 0.2) is 0 Å². The van der Waals surface area contributed by atoms with Gasteiger partial charge in [-0.15, -0.1) is 0 Å². The summed E-state index contributed by atoms with van der Waals surface area (Å²) in [5, 5.41) is 0.427. The lowest BCUT2D eigenvalue weighted by Crippen LogP contribution is -2.31. The van der Waals surface area contributed by atoms with Gasteiger partial charge in [0.25, 0.3) is 0 Å². The first kappa shape index (κ1) is 15.0. The highest BCUT2D eigenvalue weighted by atomic mass is 35.5. The van der Waals surface area contributed by atoms with Crippen LogP contribution in [0.2, 0.25) is 5.02 Å². The summed E-state index contributed by atoms with van der Waals surface area (Å²) in [6.07, 6.45) is 0.410. The highest BCUT2D eigenvalue weighted by Crippen LogP contribution is 2.28. The van der Waals surface area contributed by atoms with E-state index in [4.69, 9.17) is 17.4 Å². The van der Waals surface area contributed by atoms with Gasteiger partial charge >= 0.3 is 0 Å². The van der Waals surface area contributed by atoms with Crippen LogP contribution >= 0.6 is 11.6 Å². The van der Waals surface area contributed by atoms with Gasteiger partial charge in [-0.1, -0.05) is 35.9 Å². The van der Waals surface area contributed by atoms with Gasteiger partial charge in [0.1, 0.15) is 5.82 Å². The lowest BCUT2D eigenvalue weighted by atomic mass is 9.92. The molecule has 0 aromatic heterocycles. The molecule has 0 spiro atoms. The predicted octanol–water partition coefficient (Wildman–Crippen LogP) is 3.84. The van der Waals surface area contributed by atoms with E-state index in [9.17, 15) is 4.39 Å². The largest absolute Gasteiger partial charge is 0.271 e. The van der Waals surface area contributed by atoms with Crippen LogP contribution in [0.3, 0.4) is 0 Å². The van der Waals surface area contributed by atoms with Crippen molar-refractivity contribution >= 4 is 11.6 Å². The summed E-state index contributed by atoms with van der Waals surface area (Å²) in [6.45, 7) is 4.05. The molecule has 2 aromatic rings. The fourth-order valence-corrected chi connectivity index (χ4v) is 2.79. The van der Waals surface area contributed by atoms with Gasteiger partial charge in [-0.2, -0.15) is 0 Å². The Labute approximate surface area is 123 Å². The van der Waals surface area contributed by atoms with E-state index in [0.717, 1.165) is 16.7 Å². The summed E-state index contributed by atoms with van der Waals surface area (Å²) in [6, 6.07) is 10.6. The number of nitrogens with two attached hydrogens (primary N) is 1. The number of hydrogen-bond acceptors (Lipinski definition) is 2. The zero-order valence-corrected chi connectivity index (χ0v) is 12.3. The molecule has 0 amide bonds. The summed E-state index contributed by atoms with van der Waals surface area (Å²) in [7, 11) is 0. The maximum Gasteiger partial charge on any atom is 0.127 e. The van der Waals surface area contributed by atoms with E-state index in [0.29, 0.717) is 17.0 Å². The molecule has 20 heavy (non-hydrogen) atoms. The average Bonchev–Trinajstić information content (AvgIpc) is 2.40. The number of aryl methyl sites for hydroxylation is 2. The van der Waals surface area contributed by atoms with Crippen LogP contribution in [0.1, 0.15) is 28.3 Å².